The Labute approximate surface area is 128 Å². The molecule has 1 aromatic heterocycles. The van der Waals surface area contributed by atoms with Gasteiger partial charge in [0.25, 0.3) is 0 Å². The van der Waals surface area contributed by atoms with Crippen molar-refractivity contribution in [2.75, 3.05) is 18.1 Å². The van der Waals surface area contributed by atoms with E-state index in [9.17, 15) is 5.11 Å². The van der Waals surface area contributed by atoms with Crippen LogP contribution in [-0.2, 0) is 6.54 Å². The van der Waals surface area contributed by atoms with E-state index in [0.29, 0.717) is 13.1 Å². The highest BCUT2D eigenvalue weighted by molar-refractivity contribution is 5.46. The molecule has 112 valence electrons. The van der Waals surface area contributed by atoms with Crippen LogP contribution in [-0.4, -0.2) is 38.5 Å². The molecule has 0 amide bonds. The number of tetrazole rings is 1. The molecular formula is C16H17N5O. The molecule has 0 bridgehead atoms. The standard InChI is InChI=1S/C16H17N5O/c22-12-11-20(14-7-3-1-4-8-14)13-16-17-18-19-21(16)15-9-5-2-6-10-15/h1-10,22H,11-13H2. The second-order valence-electron chi connectivity index (χ2n) is 4.82. The maximum Gasteiger partial charge on any atom is 0.175 e. The van der Waals surface area contributed by atoms with E-state index in [0.717, 1.165) is 17.2 Å². The number of aliphatic hydroxyl groups is 1. The second kappa shape index (κ2) is 6.82. The Kier molecular flexibility index (Phi) is 4.41. The van der Waals surface area contributed by atoms with Crippen LogP contribution >= 0.6 is 0 Å². The smallest absolute Gasteiger partial charge is 0.175 e. The van der Waals surface area contributed by atoms with Gasteiger partial charge in [-0.15, -0.1) is 5.10 Å². The molecule has 3 aromatic rings. The molecule has 0 unspecified atom stereocenters. The number of rotatable bonds is 6. The van der Waals surface area contributed by atoms with Crippen molar-refractivity contribution >= 4 is 5.69 Å². The van der Waals surface area contributed by atoms with E-state index in [-0.39, 0.29) is 6.61 Å². The van der Waals surface area contributed by atoms with Gasteiger partial charge in [0.05, 0.1) is 18.8 Å². The predicted octanol–water partition coefficient (Wildman–Crippen LogP) is 1.66. The SMILES string of the molecule is OCCN(Cc1nnnn1-c1ccccc1)c1ccccc1. The molecule has 0 fully saturated rings. The van der Waals surface area contributed by atoms with Crippen molar-refractivity contribution in [3.05, 3.63) is 66.5 Å². The van der Waals surface area contributed by atoms with E-state index in [1.807, 2.05) is 65.6 Å². The van der Waals surface area contributed by atoms with E-state index in [1.54, 1.807) is 4.68 Å². The molecule has 22 heavy (non-hydrogen) atoms. The largest absolute Gasteiger partial charge is 0.395 e. The minimum Gasteiger partial charge on any atom is -0.395 e. The van der Waals surface area contributed by atoms with Crippen LogP contribution in [0.15, 0.2) is 60.7 Å². The van der Waals surface area contributed by atoms with Gasteiger partial charge in [0.1, 0.15) is 0 Å². The van der Waals surface area contributed by atoms with Gasteiger partial charge >= 0.3 is 0 Å². The average molecular weight is 295 g/mol. The lowest BCUT2D eigenvalue weighted by Crippen LogP contribution is -2.27. The van der Waals surface area contributed by atoms with Crippen LogP contribution < -0.4 is 4.90 Å². The molecule has 6 heteroatoms. The highest BCUT2D eigenvalue weighted by atomic mass is 16.3. The summed E-state index contributed by atoms with van der Waals surface area (Å²) in [5.74, 6) is 0.725. The summed E-state index contributed by atoms with van der Waals surface area (Å²) in [7, 11) is 0. The molecule has 0 aliphatic rings. The average Bonchev–Trinajstić information content (AvgIpc) is 3.04. The van der Waals surface area contributed by atoms with Crippen molar-refractivity contribution in [1.82, 2.24) is 20.2 Å². The zero-order valence-corrected chi connectivity index (χ0v) is 12.1. The first-order valence-corrected chi connectivity index (χ1v) is 7.12. The Bertz CT molecular complexity index is 699. The Morgan fingerprint density at radius 1 is 0.955 bits per heavy atom. The predicted molar refractivity (Wildman–Crippen MR) is 83.7 cm³/mol. The Balaban J connectivity index is 1.87. The molecule has 0 spiro atoms. The Morgan fingerprint density at radius 2 is 1.64 bits per heavy atom. The number of anilines is 1. The summed E-state index contributed by atoms with van der Waals surface area (Å²) >= 11 is 0. The molecule has 0 aliphatic carbocycles. The van der Waals surface area contributed by atoms with E-state index in [4.69, 9.17) is 0 Å². The number of hydrogen-bond donors (Lipinski definition) is 1. The lowest BCUT2D eigenvalue weighted by Gasteiger charge is -2.23. The molecular weight excluding hydrogens is 278 g/mol. The molecule has 0 saturated heterocycles. The number of aliphatic hydroxyl groups excluding tert-OH is 1. The number of para-hydroxylation sites is 2. The summed E-state index contributed by atoms with van der Waals surface area (Å²) < 4.78 is 1.72. The van der Waals surface area contributed by atoms with Gasteiger partial charge in [0.2, 0.25) is 0 Å². The first-order chi connectivity index (χ1) is 10.9. The van der Waals surface area contributed by atoms with Crippen LogP contribution in [0, 0.1) is 0 Å². The number of aromatic nitrogens is 4. The molecule has 0 radical (unpaired) electrons. The van der Waals surface area contributed by atoms with E-state index in [2.05, 4.69) is 15.5 Å². The summed E-state index contributed by atoms with van der Waals surface area (Å²) in [6.45, 7) is 1.11. The normalized spacial score (nSPS) is 10.6. The van der Waals surface area contributed by atoms with Gasteiger partial charge in [0, 0.05) is 12.2 Å². The van der Waals surface area contributed by atoms with Crippen LogP contribution in [0.2, 0.25) is 0 Å². The summed E-state index contributed by atoms with van der Waals surface area (Å²) in [5.41, 5.74) is 1.94. The first kappa shape index (κ1) is 14.2. The molecule has 0 aliphatic heterocycles. The topological polar surface area (TPSA) is 67.1 Å². The molecule has 1 N–H and O–H groups in total. The van der Waals surface area contributed by atoms with E-state index in [1.165, 1.54) is 0 Å². The van der Waals surface area contributed by atoms with Gasteiger partial charge in [-0.2, -0.15) is 4.68 Å². The van der Waals surface area contributed by atoms with Crippen molar-refractivity contribution in [2.45, 2.75) is 6.54 Å². The highest BCUT2D eigenvalue weighted by Gasteiger charge is 2.13. The molecule has 3 rings (SSSR count). The molecule has 0 saturated carbocycles. The number of benzene rings is 2. The third-order valence-corrected chi connectivity index (χ3v) is 3.36. The van der Waals surface area contributed by atoms with Gasteiger partial charge < -0.3 is 10.0 Å². The lowest BCUT2D eigenvalue weighted by molar-refractivity contribution is 0.301. The molecule has 1 heterocycles. The van der Waals surface area contributed by atoms with Crippen LogP contribution in [0.5, 0.6) is 0 Å². The van der Waals surface area contributed by atoms with Crippen molar-refractivity contribution in [3.8, 4) is 5.69 Å². The third-order valence-electron chi connectivity index (χ3n) is 3.36. The molecule has 2 aromatic carbocycles. The second-order valence-corrected chi connectivity index (χ2v) is 4.82. The molecule has 0 atom stereocenters. The monoisotopic (exact) mass is 295 g/mol. The van der Waals surface area contributed by atoms with Crippen molar-refractivity contribution < 1.29 is 5.11 Å². The van der Waals surface area contributed by atoms with Gasteiger partial charge in [-0.25, -0.2) is 0 Å². The fraction of sp³-hybridized carbons (Fsp3) is 0.188. The fourth-order valence-electron chi connectivity index (χ4n) is 2.30. The maximum absolute atomic E-state index is 9.31. The van der Waals surface area contributed by atoms with Crippen molar-refractivity contribution in [3.63, 3.8) is 0 Å². The minimum absolute atomic E-state index is 0.0712. The van der Waals surface area contributed by atoms with Crippen molar-refractivity contribution in [1.29, 1.82) is 0 Å². The highest BCUT2D eigenvalue weighted by Crippen LogP contribution is 2.16. The Hall–Kier alpha value is -2.73. The van der Waals surface area contributed by atoms with E-state index >= 15 is 0 Å². The van der Waals surface area contributed by atoms with Gasteiger partial charge in [-0.1, -0.05) is 36.4 Å². The van der Waals surface area contributed by atoms with Crippen LogP contribution in [0.25, 0.3) is 5.69 Å². The third kappa shape index (κ3) is 3.12. The summed E-state index contributed by atoms with van der Waals surface area (Å²) in [6.07, 6.45) is 0. The van der Waals surface area contributed by atoms with Gasteiger partial charge in [0.15, 0.2) is 5.82 Å². The zero-order valence-electron chi connectivity index (χ0n) is 12.1. The van der Waals surface area contributed by atoms with Crippen molar-refractivity contribution in [2.24, 2.45) is 0 Å². The quantitative estimate of drug-likeness (QED) is 0.749. The molecule has 6 nitrogen and oxygen atoms in total. The summed E-state index contributed by atoms with van der Waals surface area (Å²) in [6, 6.07) is 19.7. The number of hydrogen-bond acceptors (Lipinski definition) is 5. The first-order valence-electron chi connectivity index (χ1n) is 7.12. The van der Waals surface area contributed by atoms with Crippen LogP contribution in [0.1, 0.15) is 5.82 Å². The minimum atomic E-state index is 0.0712. The van der Waals surface area contributed by atoms with Crippen LogP contribution in [0.3, 0.4) is 0 Å². The zero-order chi connectivity index (χ0) is 15.2. The number of nitrogens with zero attached hydrogens (tertiary/aromatic N) is 5. The van der Waals surface area contributed by atoms with Gasteiger partial charge in [-0.3, -0.25) is 0 Å². The summed E-state index contributed by atoms with van der Waals surface area (Å²) in [4.78, 5) is 2.05. The van der Waals surface area contributed by atoms with Gasteiger partial charge in [-0.05, 0) is 34.7 Å². The fourth-order valence-corrected chi connectivity index (χ4v) is 2.30. The van der Waals surface area contributed by atoms with E-state index < -0.39 is 0 Å². The maximum atomic E-state index is 9.31. The lowest BCUT2D eigenvalue weighted by atomic mass is 10.2. The summed E-state index contributed by atoms with van der Waals surface area (Å²) in [5, 5.41) is 21.3. The Morgan fingerprint density at radius 3 is 2.32 bits per heavy atom. The van der Waals surface area contributed by atoms with Crippen LogP contribution in [0.4, 0.5) is 5.69 Å².